The fraction of sp³-hybridized carbons (Fsp3) is 0.0833. The van der Waals surface area contributed by atoms with Crippen molar-refractivity contribution < 1.29 is 9.90 Å². The van der Waals surface area contributed by atoms with Crippen molar-refractivity contribution in [3.8, 4) is 11.4 Å². The van der Waals surface area contributed by atoms with Gasteiger partial charge in [0, 0.05) is 11.1 Å². The van der Waals surface area contributed by atoms with E-state index in [-0.39, 0.29) is 5.69 Å². The number of aromatic nitrogens is 2. The quantitative estimate of drug-likeness (QED) is 0.838. The Bertz CT molecular complexity index is 680. The number of carbonyl (C=O) groups excluding carboxylic acids is 1. The molecule has 6 heteroatoms. The van der Waals surface area contributed by atoms with E-state index >= 15 is 0 Å². The molecule has 1 aromatic heterocycles. The van der Waals surface area contributed by atoms with Crippen LogP contribution in [0.5, 0.6) is 5.75 Å². The highest BCUT2D eigenvalue weighted by Gasteiger charge is 2.10. The van der Waals surface area contributed by atoms with E-state index in [0.717, 1.165) is 16.3 Å². The van der Waals surface area contributed by atoms with Crippen LogP contribution in [0, 0.1) is 6.92 Å². The maximum absolute atomic E-state index is 11.8. The van der Waals surface area contributed by atoms with Crippen molar-refractivity contribution in [3.05, 3.63) is 50.9 Å². The fourth-order valence-electron chi connectivity index (χ4n) is 1.53. The van der Waals surface area contributed by atoms with Crippen molar-refractivity contribution in [2.45, 2.75) is 6.92 Å². The third-order valence-electron chi connectivity index (χ3n) is 2.45. The Morgan fingerprint density at radius 1 is 1.39 bits per heavy atom. The molecule has 5 nitrogen and oxygen atoms in total. The molecule has 0 fully saturated rings. The van der Waals surface area contributed by atoms with Crippen molar-refractivity contribution >= 4 is 17.9 Å². The van der Waals surface area contributed by atoms with Crippen LogP contribution in [-0.2, 0) is 0 Å². The van der Waals surface area contributed by atoms with Crippen molar-refractivity contribution in [2.24, 2.45) is 0 Å². The van der Waals surface area contributed by atoms with Gasteiger partial charge in [-0.1, -0.05) is 17.7 Å². The van der Waals surface area contributed by atoms with Gasteiger partial charge in [0.15, 0.2) is 17.7 Å². The molecular formula is C12H9ClN2O3. The summed E-state index contributed by atoms with van der Waals surface area (Å²) in [5.41, 5.74) is 0.504. The van der Waals surface area contributed by atoms with Crippen LogP contribution in [0.1, 0.15) is 16.1 Å². The third-order valence-corrected chi connectivity index (χ3v) is 2.69. The predicted molar refractivity (Wildman–Crippen MR) is 66.6 cm³/mol. The summed E-state index contributed by atoms with van der Waals surface area (Å²) in [5, 5.41) is 13.6. The lowest BCUT2D eigenvalue weighted by Crippen LogP contribution is -2.22. The van der Waals surface area contributed by atoms with Gasteiger partial charge in [-0.2, -0.15) is 9.78 Å². The van der Waals surface area contributed by atoms with E-state index in [9.17, 15) is 14.7 Å². The van der Waals surface area contributed by atoms with Gasteiger partial charge >= 0.3 is 0 Å². The zero-order valence-electron chi connectivity index (χ0n) is 9.42. The van der Waals surface area contributed by atoms with Gasteiger partial charge in [-0.25, -0.2) is 0 Å². The minimum atomic E-state index is -0.538. The summed E-state index contributed by atoms with van der Waals surface area (Å²) in [4.78, 5) is 22.5. The van der Waals surface area contributed by atoms with E-state index in [1.807, 2.05) is 0 Å². The molecule has 0 saturated carbocycles. The van der Waals surface area contributed by atoms with Gasteiger partial charge < -0.3 is 5.11 Å². The molecule has 0 saturated heterocycles. The Kier molecular flexibility index (Phi) is 3.16. The first kappa shape index (κ1) is 12.3. The average Bonchev–Trinajstić information content (AvgIpc) is 2.33. The molecule has 0 amide bonds. The second-order valence-corrected chi connectivity index (χ2v) is 4.15. The molecule has 1 aromatic carbocycles. The van der Waals surface area contributed by atoms with E-state index in [0.29, 0.717) is 17.0 Å². The van der Waals surface area contributed by atoms with Gasteiger partial charge in [0.25, 0.3) is 5.56 Å². The highest BCUT2D eigenvalue weighted by Crippen LogP contribution is 2.18. The van der Waals surface area contributed by atoms with E-state index in [1.165, 1.54) is 0 Å². The van der Waals surface area contributed by atoms with Crippen LogP contribution < -0.4 is 5.56 Å². The second kappa shape index (κ2) is 4.62. The number of carbonyl (C=O) groups is 1. The molecule has 2 aromatic rings. The number of nitrogens with zero attached hydrogens (tertiary/aromatic N) is 2. The number of aryl methyl sites for hydroxylation is 1. The first-order valence-electron chi connectivity index (χ1n) is 5.08. The summed E-state index contributed by atoms with van der Waals surface area (Å²) in [6, 6.07) is 5.93. The zero-order valence-corrected chi connectivity index (χ0v) is 10.2. The summed E-state index contributed by atoms with van der Waals surface area (Å²) >= 11 is 5.86. The minimum absolute atomic E-state index is 0.200. The molecule has 0 aliphatic carbocycles. The van der Waals surface area contributed by atoms with Gasteiger partial charge in [-0.3, -0.25) is 9.59 Å². The number of hydrogen-bond acceptors (Lipinski definition) is 4. The van der Waals surface area contributed by atoms with Crippen molar-refractivity contribution in [1.29, 1.82) is 0 Å². The summed E-state index contributed by atoms with van der Waals surface area (Å²) in [6.07, 6.45) is 0.380. The lowest BCUT2D eigenvalue weighted by atomic mass is 10.2. The van der Waals surface area contributed by atoms with E-state index in [1.54, 1.807) is 25.1 Å². The predicted octanol–water partition coefficient (Wildman–Crippen LogP) is 1.71. The lowest BCUT2D eigenvalue weighted by Gasteiger charge is -2.09. The molecule has 2 rings (SSSR count). The van der Waals surface area contributed by atoms with Crippen molar-refractivity contribution in [3.63, 3.8) is 0 Å². The van der Waals surface area contributed by atoms with Crippen LogP contribution in [0.3, 0.4) is 0 Å². The molecule has 0 unspecified atom stereocenters. The molecule has 1 N–H and O–H groups in total. The SMILES string of the molecule is Cc1ccc(Cl)cc1-n1nc(C=O)c(O)cc1=O. The largest absolute Gasteiger partial charge is 0.505 e. The number of rotatable bonds is 2. The Hall–Kier alpha value is -2.14. The van der Waals surface area contributed by atoms with Crippen molar-refractivity contribution in [2.75, 3.05) is 0 Å². The van der Waals surface area contributed by atoms with E-state index in [4.69, 9.17) is 11.6 Å². The molecule has 18 heavy (non-hydrogen) atoms. The second-order valence-electron chi connectivity index (χ2n) is 3.71. The molecule has 92 valence electrons. The Balaban J connectivity index is 2.74. The van der Waals surface area contributed by atoms with Gasteiger partial charge in [-0.05, 0) is 24.6 Å². The molecule has 0 radical (unpaired) electrons. The van der Waals surface area contributed by atoms with Gasteiger partial charge in [0.05, 0.1) is 5.69 Å². The van der Waals surface area contributed by atoms with Crippen molar-refractivity contribution in [1.82, 2.24) is 9.78 Å². The topological polar surface area (TPSA) is 72.2 Å². The Morgan fingerprint density at radius 3 is 2.78 bits per heavy atom. The van der Waals surface area contributed by atoms with Gasteiger partial charge in [0.1, 0.15) is 0 Å². The summed E-state index contributed by atoms with van der Waals surface area (Å²) in [7, 11) is 0. The maximum atomic E-state index is 11.8. The van der Waals surface area contributed by atoms with Crippen LogP contribution in [0.15, 0.2) is 29.1 Å². The molecule has 0 spiro atoms. The van der Waals surface area contributed by atoms with E-state index in [2.05, 4.69) is 5.10 Å². The van der Waals surface area contributed by atoms with Crippen LogP contribution in [0.2, 0.25) is 5.02 Å². The molecular weight excluding hydrogens is 256 g/mol. The molecule has 0 atom stereocenters. The normalized spacial score (nSPS) is 10.3. The lowest BCUT2D eigenvalue weighted by molar-refractivity contribution is 0.111. The number of benzene rings is 1. The van der Waals surface area contributed by atoms with Crippen LogP contribution in [0.25, 0.3) is 5.69 Å². The summed E-state index contributed by atoms with van der Waals surface area (Å²) < 4.78 is 1.03. The van der Waals surface area contributed by atoms with Crippen LogP contribution >= 0.6 is 11.6 Å². The average molecular weight is 265 g/mol. The fourth-order valence-corrected chi connectivity index (χ4v) is 1.69. The molecule has 1 heterocycles. The highest BCUT2D eigenvalue weighted by atomic mass is 35.5. The van der Waals surface area contributed by atoms with Crippen LogP contribution in [0.4, 0.5) is 0 Å². The smallest absolute Gasteiger partial charge is 0.275 e. The number of aldehydes is 1. The summed E-state index contributed by atoms with van der Waals surface area (Å²) in [5.74, 6) is -0.439. The standard InChI is InChI=1S/C12H9ClN2O3/c1-7-2-3-8(13)4-10(7)15-12(18)5-11(17)9(6-16)14-15/h2-6,17H,1H3. The first-order chi connectivity index (χ1) is 8.52. The molecule has 0 aliphatic rings. The monoisotopic (exact) mass is 264 g/mol. The zero-order chi connectivity index (χ0) is 13.3. The maximum Gasteiger partial charge on any atom is 0.275 e. The number of hydrogen-bond donors (Lipinski definition) is 1. The third kappa shape index (κ3) is 2.12. The van der Waals surface area contributed by atoms with E-state index < -0.39 is 11.3 Å². The summed E-state index contributed by atoms with van der Waals surface area (Å²) in [6.45, 7) is 1.78. The number of aromatic hydroxyl groups is 1. The minimum Gasteiger partial charge on any atom is -0.505 e. The van der Waals surface area contributed by atoms with Crippen LogP contribution in [-0.4, -0.2) is 21.2 Å². The number of halogens is 1. The van der Waals surface area contributed by atoms with Gasteiger partial charge in [0.2, 0.25) is 0 Å². The highest BCUT2D eigenvalue weighted by molar-refractivity contribution is 6.30. The Morgan fingerprint density at radius 2 is 2.11 bits per heavy atom. The Labute approximate surface area is 107 Å². The molecule has 0 aliphatic heterocycles. The molecule has 0 bridgehead atoms. The van der Waals surface area contributed by atoms with Gasteiger partial charge in [-0.15, -0.1) is 0 Å². The first-order valence-corrected chi connectivity index (χ1v) is 5.46.